The molecule has 1 aromatic carbocycles. The Morgan fingerprint density at radius 1 is 1.35 bits per heavy atom. The molecule has 1 amide bonds. The fourth-order valence-corrected chi connectivity index (χ4v) is 1.99. The second-order valence-corrected chi connectivity index (χ2v) is 4.43. The molecule has 20 heavy (non-hydrogen) atoms. The first kappa shape index (κ1) is 14.6. The van der Waals surface area contributed by atoms with Crippen molar-refractivity contribution >= 4 is 11.6 Å². The monoisotopic (exact) mass is 288 g/mol. The van der Waals surface area contributed by atoms with Gasteiger partial charge in [0.2, 0.25) is 5.91 Å². The number of para-hydroxylation sites is 2. The van der Waals surface area contributed by atoms with E-state index in [1.54, 1.807) is 24.3 Å². The normalized spacial score (nSPS) is 15.2. The molecule has 2 rings (SSSR count). The van der Waals surface area contributed by atoms with Crippen molar-refractivity contribution in [1.29, 1.82) is 0 Å². The van der Waals surface area contributed by atoms with Crippen LogP contribution in [-0.4, -0.2) is 38.3 Å². The van der Waals surface area contributed by atoms with Crippen LogP contribution in [-0.2, 0) is 4.79 Å². The highest BCUT2D eigenvalue weighted by atomic mass is 19.4. The molecule has 1 aromatic rings. The van der Waals surface area contributed by atoms with Gasteiger partial charge in [-0.1, -0.05) is 12.1 Å². The fourth-order valence-electron chi connectivity index (χ4n) is 1.99. The predicted molar refractivity (Wildman–Crippen MR) is 67.8 cm³/mol. The summed E-state index contributed by atoms with van der Waals surface area (Å²) in [5.41, 5.74) is 0.601. The number of carbonyl (C=O) groups excluding carboxylic acids is 1. The van der Waals surface area contributed by atoms with Gasteiger partial charge in [0.05, 0.1) is 25.4 Å². The maximum atomic E-state index is 12.0. The smallest absolute Gasteiger partial charge is 0.401 e. The Hall–Kier alpha value is -1.76. The van der Waals surface area contributed by atoms with E-state index in [4.69, 9.17) is 4.74 Å². The summed E-state index contributed by atoms with van der Waals surface area (Å²) in [6, 6.07) is 7.01. The molecule has 1 N–H and O–H groups in total. The summed E-state index contributed by atoms with van der Waals surface area (Å²) in [7, 11) is 0. The van der Waals surface area contributed by atoms with Crippen molar-refractivity contribution in [3.63, 3.8) is 0 Å². The lowest BCUT2D eigenvalue weighted by atomic mass is 10.2. The predicted octanol–water partition coefficient (Wildman–Crippen LogP) is 1.95. The molecule has 0 fully saturated rings. The zero-order valence-corrected chi connectivity index (χ0v) is 10.7. The maximum Gasteiger partial charge on any atom is 0.401 e. The van der Waals surface area contributed by atoms with Crippen molar-refractivity contribution < 1.29 is 22.7 Å². The number of halogens is 3. The van der Waals surface area contributed by atoms with Crippen LogP contribution in [0.3, 0.4) is 0 Å². The van der Waals surface area contributed by atoms with Crippen LogP contribution in [0.5, 0.6) is 5.75 Å². The average molecular weight is 288 g/mol. The number of alkyl halides is 3. The average Bonchev–Trinajstić information content (AvgIpc) is 2.59. The zero-order chi connectivity index (χ0) is 14.6. The molecule has 0 spiro atoms. The molecule has 0 unspecified atom stereocenters. The summed E-state index contributed by atoms with van der Waals surface area (Å²) in [6.45, 7) is -0.612. The van der Waals surface area contributed by atoms with E-state index in [0.29, 0.717) is 31.0 Å². The molecule has 110 valence electrons. The Balaban J connectivity index is 2.02. The number of hydrogen-bond acceptors (Lipinski definition) is 3. The summed E-state index contributed by atoms with van der Waals surface area (Å²) < 4.78 is 41.6. The Kier molecular flexibility index (Phi) is 4.49. The Morgan fingerprint density at radius 3 is 2.85 bits per heavy atom. The van der Waals surface area contributed by atoms with E-state index in [0.717, 1.165) is 0 Å². The first-order valence-corrected chi connectivity index (χ1v) is 6.27. The van der Waals surface area contributed by atoms with Crippen molar-refractivity contribution in [3.05, 3.63) is 24.3 Å². The first-order chi connectivity index (χ1) is 9.47. The topological polar surface area (TPSA) is 41.6 Å². The highest BCUT2D eigenvalue weighted by Gasteiger charge is 2.28. The fraction of sp³-hybridized carbons (Fsp3) is 0.462. The van der Waals surface area contributed by atoms with Gasteiger partial charge in [-0.2, -0.15) is 13.2 Å². The number of amides is 1. The molecule has 7 heteroatoms. The van der Waals surface area contributed by atoms with Gasteiger partial charge in [0.1, 0.15) is 5.75 Å². The number of hydrogen-bond donors (Lipinski definition) is 1. The van der Waals surface area contributed by atoms with Gasteiger partial charge in [0.25, 0.3) is 0 Å². The molecule has 0 saturated heterocycles. The number of benzene rings is 1. The largest absolute Gasteiger partial charge is 0.491 e. The van der Waals surface area contributed by atoms with E-state index in [2.05, 4.69) is 5.32 Å². The Morgan fingerprint density at radius 2 is 2.10 bits per heavy atom. The molecule has 0 atom stereocenters. The molecule has 4 nitrogen and oxygen atoms in total. The van der Waals surface area contributed by atoms with Crippen molar-refractivity contribution in [1.82, 2.24) is 5.32 Å². The van der Waals surface area contributed by atoms with E-state index in [-0.39, 0.29) is 6.54 Å². The van der Waals surface area contributed by atoms with E-state index in [1.807, 2.05) is 0 Å². The third kappa shape index (κ3) is 3.86. The number of anilines is 1. The molecular formula is C13H15F3N2O2. The van der Waals surface area contributed by atoms with Gasteiger partial charge < -0.3 is 15.0 Å². The molecule has 1 aliphatic rings. The van der Waals surface area contributed by atoms with Crippen LogP contribution in [0, 0.1) is 0 Å². The van der Waals surface area contributed by atoms with Crippen LogP contribution in [0.4, 0.5) is 18.9 Å². The van der Waals surface area contributed by atoms with E-state index in [1.165, 1.54) is 4.90 Å². The number of ether oxygens (including phenoxy) is 1. The van der Waals surface area contributed by atoms with E-state index < -0.39 is 18.6 Å². The number of rotatable bonds is 3. The van der Waals surface area contributed by atoms with Crippen molar-refractivity contribution in [3.8, 4) is 5.75 Å². The molecule has 0 radical (unpaired) electrons. The van der Waals surface area contributed by atoms with Crippen molar-refractivity contribution in [2.75, 3.05) is 31.1 Å². The molecule has 1 aliphatic heterocycles. The molecule has 0 aliphatic carbocycles. The van der Waals surface area contributed by atoms with Crippen LogP contribution in [0.2, 0.25) is 0 Å². The van der Waals surface area contributed by atoms with Gasteiger partial charge in [0.15, 0.2) is 0 Å². The van der Waals surface area contributed by atoms with E-state index in [9.17, 15) is 18.0 Å². The number of fused-ring (bicyclic) bond motifs is 1. The summed E-state index contributed by atoms with van der Waals surface area (Å²) in [6.07, 6.45) is -3.68. The summed E-state index contributed by atoms with van der Waals surface area (Å²) >= 11 is 0. The maximum absolute atomic E-state index is 12.0. The van der Waals surface area contributed by atoms with Gasteiger partial charge in [-0.25, -0.2) is 0 Å². The van der Waals surface area contributed by atoms with Gasteiger partial charge in [-0.15, -0.1) is 0 Å². The lowest BCUT2D eigenvalue weighted by Crippen LogP contribution is -2.41. The lowest BCUT2D eigenvalue weighted by Gasteiger charge is -2.22. The van der Waals surface area contributed by atoms with Gasteiger partial charge >= 0.3 is 6.18 Å². The highest BCUT2D eigenvalue weighted by Crippen LogP contribution is 2.30. The second-order valence-electron chi connectivity index (χ2n) is 4.43. The summed E-state index contributed by atoms with van der Waals surface area (Å²) in [5, 5.41) is 2.12. The molecular weight excluding hydrogens is 273 g/mol. The minimum absolute atomic E-state index is 0.353. The van der Waals surface area contributed by atoms with Crippen molar-refractivity contribution in [2.45, 2.75) is 12.6 Å². The number of nitrogens with zero attached hydrogens (tertiary/aromatic N) is 1. The SMILES string of the molecule is O=C(CNCC(F)(F)F)N1CCCOc2ccccc21. The van der Waals surface area contributed by atoms with E-state index >= 15 is 0 Å². The van der Waals surface area contributed by atoms with Crippen LogP contribution < -0.4 is 15.0 Å². The molecule has 0 bridgehead atoms. The standard InChI is InChI=1S/C13H15F3N2O2/c14-13(15,16)9-17-8-12(19)18-6-3-7-20-11-5-2-1-4-10(11)18/h1-2,4-5,17H,3,6-9H2. The second kappa shape index (κ2) is 6.13. The third-order valence-corrected chi connectivity index (χ3v) is 2.84. The highest BCUT2D eigenvalue weighted by molar-refractivity contribution is 5.96. The molecule has 0 aromatic heterocycles. The Labute approximate surface area is 114 Å². The minimum atomic E-state index is -4.32. The number of carbonyl (C=O) groups is 1. The summed E-state index contributed by atoms with van der Waals surface area (Å²) in [5.74, 6) is 0.182. The van der Waals surface area contributed by atoms with Crippen LogP contribution in [0.1, 0.15) is 6.42 Å². The summed E-state index contributed by atoms with van der Waals surface area (Å²) in [4.78, 5) is 13.5. The molecule has 0 saturated carbocycles. The minimum Gasteiger partial charge on any atom is -0.491 e. The lowest BCUT2D eigenvalue weighted by molar-refractivity contribution is -0.127. The third-order valence-electron chi connectivity index (χ3n) is 2.84. The van der Waals surface area contributed by atoms with Gasteiger partial charge in [-0.3, -0.25) is 4.79 Å². The van der Waals surface area contributed by atoms with Crippen molar-refractivity contribution in [2.24, 2.45) is 0 Å². The first-order valence-electron chi connectivity index (χ1n) is 6.27. The van der Waals surface area contributed by atoms with Gasteiger partial charge in [0, 0.05) is 6.54 Å². The Bertz CT molecular complexity index is 477. The quantitative estimate of drug-likeness (QED) is 0.924. The van der Waals surface area contributed by atoms with Crippen LogP contribution in [0.15, 0.2) is 24.3 Å². The van der Waals surface area contributed by atoms with Gasteiger partial charge in [-0.05, 0) is 18.6 Å². The van der Waals surface area contributed by atoms with Crippen LogP contribution in [0.25, 0.3) is 0 Å². The zero-order valence-electron chi connectivity index (χ0n) is 10.7. The number of nitrogens with one attached hydrogen (secondary N) is 1. The van der Waals surface area contributed by atoms with Crippen LogP contribution >= 0.6 is 0 Å². The molecule has 1 heterocycles.